The van der Waals surface area contributed by atoms with E-state index < -0.39 is 0 Å². The average Bonchev–Trinajstić information content (AvgIpc) is 2.59. The molecule has 0 aliphatic carbocycles. The van der Waals surface area contributed by atoms with Crippen molar-refractivity contribution in [3.63, 3.8) is 0 Å². The molecule has 2 unspecified atom stereocenters. The Kier molecular flexibility index (Phi) is 3.93. The van der Waals surface area contributed by atoms with Crippen LogP contribution in [0.15, 0.2) is 9.85 Å². The van der Waals surface area contributed by atoms with Gasteiger partial charge < -0.3 is 4.90 Å². The lowest BCUT2D eigenvalue weighted by atomic mass is 9.97. The first-order chi connectivity index (χ1) is 8.00. The maximum Gasteiger partial charge on any atom is 0.264 e. The average molecular weight is 316 g/mol. The summed E-state index contributed by atoms with van der Waals surface area (Å²) in [5.41, 5.74) is 1.15. The molecular formula is C13H18BrNOS. The molecule has 94 valence electrons. The molecule has 17 heavy (non-hydrogen) atoms. The molecule has 0 N–H and O–H groups in total. The Hall–Kier alpha value is -0.350. The Bertz CT molecular complexity index is 400. The maximum absolute atomic E-state index is 12.5. The minimum atomic E-state index is 0.198. The van der Waals surface area contributed by atoms with E-state index in [9.17, 15) is 4.79 Å². The third kappa shape index (κ3) is 2.58. The molecule has 1 saturated heterocycles. The van der Waals surface area contributed by atoms with Gasteiger partial charge in [0, 0.05) is 12.1 Å². The van der Waals surface area contributed by atoms with Crippen LogP contribution in [0.25, 0.3) is 0 Å². The minimum absolute atomic E-state index is 0.198. The van der Waals surface area contributed by atoms with Gasteiger partial charge in [-0.25, -0.2) is 0 Å². The third-order valence-corrected chi connectivity index (χ3v) is 5.62. The van der Waals surface area contributed by atoms with Gasteiger partial charge >= 0.3 is 0 Å². The van der Waals surface area contributed by atoms with Crippen LogP contribution in [0, 0.1) is 6.92 Å². The number of likely N-dealkylation sites (tertiary alicyclic amines) is 1. The van der Waals surface area contributed by atoms with Gasteiger partial charge in [0.15, 0.2) is 0 Å². The summed E-state index contributed by atoms with van der Waals surface area (Å²) >= 11 is 5.03. The summed E-state index contributed by atoms with van der Waals surface area (Å²) < 4.78 is 1.07. The number of piperidine rings is 1. The summed E-state index contributed by atoms with van der Waals surface area (Å²) in [7, 11) is 0. The molecule has 0 spiro atoms. The number of hydrogen-bond acceptors (Lipinski definition) is 2. The molecule has 2 nitrogen and oxygen atoms in total. The van der Waals surface area contributed by atoms with Crippen molar-refractivity contribution in [2.75, 3.05) is 0 Å². The molecule has 1 aliphatic heterocycles. The summed E-state index contributed by atoms with van der Waals surface area (Å²) in [6.07, 6.45) is 3.49. The lowest BCUT2D eigenvalue weighted by Gasteiger charge is -2.38. The molecule has 0 saturated carbocycles. The highest BCUT2D eigenvalue weighted by Crippen LogP contribution is 2.31. The van der Waals surface area contributed by atoms with E-state index in [1.807, 2.05) is 13.0 Å². The van der Waals surface area contributed by atoms with Crippen molar-refractivity contribution in [1.29, 1.82) is 0 Å². The number of halogens is 1. The number of thiophene rings is 1. The van der Waals surface area contributed by atoms with Gasteiger partial charge in [-0.15, -0.1) is 11.3 Å². The van der Waals surface area contributed by atoms with Crippen molar-refractivity contribution >= 4 is 33.2 Å². The fraction of sp³-hybridized carbons (Fsp3) is 0.615. The molecule has 0 radical (unpaired) electrons. The summed E-state index contributed by atoms with van der Waals surface area (Å²) in [4.78, 5) is 15.4. The predicted octanol–water partition coefficient (Wildman–Crippen LogP) is 4.22. The zero-order valence-electron chi connectivity index (χ0n) is 10.5. The molecule has 0 bridgehead atoms. The Labute approximate surface area is 115 Å². The van der Waals surface area contributed by atoms with Gasteiger partial charge in [-0.05, 0) is 67.6 Å². The summed E-state index contributed by atoms with van der Waals surface area (Å²) in [6, 6.07) is 2.73. The van der Waals surface area contributed by atoms with E-state index in [4.69, 9.17) is 0 Å². The lowest BCUT2D eigenvalue weighted by Crippen LogP contribution is -2.47. The van der Waals surface area contributed by atoms with Crippen LogP contribution in [-0.4, -0.2) is 22.9 Å². The summed E-state index contributed by atoms with van der Waals surface area (Å²) in [5, 5.41) is 0. The molecule has 1 amide bonds. The van der Waals surface area contributed by atoms with Gasteiger partial charge in [-0.2, -0.15) is 0 Å². The minimum Gasteiger partial charge on any atom is -0.333 e. The number of nitrogens with zero attached hydrogens (tertiary/aromatic N) is 1. The Morgan fingerprint density at radius 2 is 2.00 bits per heavy atom. The standard InChI is InChI=1S/C13H18BrNOS/c1-8-7-11(17-12(8)14)13(16)15-9(2)5-4-6-10(15)3/h7,9-10H,4-6H2,1-3H3. The Morgan fingerprint density at radius 3 is 2.47 bits per heavy atom. The van der Waals surface area contributed by atoms with Crippen LogP contribution < -0.4 is 0 Å². The number of carbonyl (C=O) groups is 1. The van der Waals surface area contributed by atoms with Gasteiger partial charge in [0.2, 0.25) is 0 Å². The van der Waals surface area contributed by atoms with Crippen molar-refractivity contribution in [3.8, 4) is 0 Å². The Morgan fingerprint density at radius 1 is 1.41 bits per heavy atom. The SMILES string of the molecule is Cc1cc(C(=O)N2C(C)CCCC2C)sc1Br. The second kappa shape index (κ2) is 5.11. The first-order valence-electron chi connectivity index (χ1n) is 6.09. The van der Waals surface area contributed by atoms with Crippen LogP contribution in [0.1, 0.15) is 48.3 Å². The zero-order chi connectivity index (χ0) is 12.6. The predicted molar refractivity (Wildman–Crippen MR) is 75.7 cm³/mol. The largest absolute Gasteiger partial charge is 0.333 e. The number of amides is 1. The lowest BCUT2D eigenvalue weighted by molar-refractivity contribution is 0.0516. The van der Waals surface area contributed by atoms with Crippen LogP contribution in [-0.2, 0) is 0 Å². The third-order valence-electron chi connectivity index (χ3n) is 3.50. The highest BCUT2D eigenvalue weighted by atomic mass is 79.9. The molecule has 0 aromatic carbocycles. The second-order valence-electron chi connectivity index (χ2n) is 4.91. The molecule has 4 heteroatoms. The topological polar surface area (TPSA) is 20.3 Å². The van der Waals surface area contributed by atoms with E-state index in [0.717, 1.165) is 27.1 Å². The molecule has 2 atom stereocenters. The van der Waals surface area contributed by atoms with Gasteiger partial charge in [0.1, 0.15) is 0 Å². The first kappa shape index (κ1) is 13.1. The van der Waals surface area contributed by atoms with Gasteiger partial charge in [-0.3, -0.25) is 4.79 Å². The fourth-order valence-electron chi connectivity index (χ4n) is 2.51. The van der Waals surface area contributed by atoms with E-state index in [1.54, 1.807) is 11.3 Å². The molecule has 1 fully saturated rings. The van der Waals surface area contributed by atoms with E-state index in [1.165, 1.54) is 6.42 Å². The van der Waals surface area contributed by atoms with Gasteiger partial charge in [-0.1, -0.05) is 0 Å². The van der Waals surface area contributed by atoms with Crippen LogP contribution in [0.2, 0.25) is 0 Å². The van der Waals surface area contributed by atoms with Crippen molar-refractivity contribution in [2.24, 2.45) is 0 Å². The smallest absolute Gasteiger partial charge is 0.264 e. The number of hydrogen-bond donors (Lipinski definition) is 0. The molecule has 1 aliphatic rings. The molecule has 1 aromatic heterocycles. The van der Waals surface area contributed by atoms with Crippen LogP contribution in [0.4, 0.5) is 0 Å². The monoisotopic (exact) mass is 315 g/mol. The second-order valence-corrected chi connectivity index (χ2v) is 7.28. The highest BCUT2D eigenvalue weighted by Gasteiger charge is 2.30. The van der Waals surface area contributed by atoms with Crippen molar-refractivity contribution < 1.29 is 4.79 Å². The van der Waals surface area contributed by atoms with E-state index in [2.05, 4.69) is 34.7 Å². The summed E-state index contributed by atoms with van der Waals surface area (Å²) in [6.45, 7) is 6.34. The Balaban J connectivity index is 2.23. The van der Waals surface area contributed by atoms with E-state index >= 15 is 0 Å². The molecule has 2 rings (SSSR count). The normalized spacial score (nSPS) is 25.1. The van der Waals surface area contributed by atoms with Crippen LogP contribution >= 0.6 is 27.3 Å². The number of rotatable bonds is 1. The van der Waals surface area contributed by atoms with Crippen molar-refractivity contribution in [1.82, 2.24) is 4.90 Å². The first-order valence-corrected chi connectivity index (χ1v) is 7.70. The van der Waals surface area contributed by atoms with Gasteiger partial charge in [0.05, 0.1) is 8.66 Å². The van der Waals surface area contributed by atoms with E-state index in [0.29, 0.717) is 12.1 Å². The molecular weight excluding hydrogens is 298 g/mol. The fourth-order valence-corrected chi connectivity index (χ4v) is 3.99. The molecule has 2 heterocycles. The molecule has 1 aromatic rings. The quantitative estimate of drug-likeness (QED) is 0.759. The van der Waals surface area contributed by atoms with Gasteiger partial charge in [0.25, 0.3) is 5.91 Å². The highest BCUT2D eigenvalue weighted by molar-refractivity contribution is 9.11. The van der Waals surface area contributed by atoms with Crippen molar-refractivity contribution in [3.05, 3.63) is 20.3 Å². The maximum atomic E-state index is 12.5. The summed E-state index contributed by atoms with van der Waals surface area (Å²) in [5.74, 6) is 0.198. The zero-order valence-corrected chi connectivity index (χ0v) is 12.9. The van der Waals surface area contributed by atoms with Crippen LogP contribution in [0.5, 0.6) is 0 Å². The number of carbonyl (C=O) groups excluding carboxylic acids is 1. The van der Waals surface area contributed by atoms with Crippen molar-refractivity contribution in [2.45, 2.75) is 52.1 Å². The number of aryl methyl sites for hydroxylation is 1. The van der Waals surface area contributed by atoms with Crippen LogP contribution in [0.3, 0.4) is 0 Å². The van der Waals surface area contributed by atoms with E-state index in [-0.39, 0.29) is 5.91 Å².